The molecule has 0 aliphatic carbocycles. The van der Waals surface area contributed by atoms with E-state index in [1.54, 1.807) is 12.1 Å². The Morgan fingerprint density at radius 3 is 2.42 bits per heavy atom. The maximum atomic E-state index is 11.6. The second-order valence-electron chi connectivity index (χ2n) is 3.47. The highest BCUT2D eigenvalue weighted by molar-refractivity contribution is 6.30. The molecule has 0 spiro atoms. The van der Waals surface area contributed by atoms with Crippen LogP contribution < -0.4 is 16.5 Å². The second-order valence-corrected chi connectivity index (χ2v) is 3.91. The Morgan fingerprint density at radius 2 is 1.84 bits per heavy atom. The third-order valence-corrected chi connectivity index (χ3v) is 2.17. The van der Waals surface area contributed by atoms with Crippen LogP contribution in [0.3, 0.4) is 0 Å². The molecule has 0 heterocycles. The zero-order valence-electron chi connectivity index (χ0n) is 9.81. The first-order chi connectivity index (χ1) is 8.99. The first-order valence-electron chi connectivity index (χ1n) is 5.21. The van der Waals surface area contributed by atoms with Crippen LogP contribution in [0.5, 0.6) is 0 Å². The Kier molecular flexibility index (Phi) is 5.77. The lowest BCUT2D eigenvalue weighted by molar-refractivity contribution is -0.137. The van der Waals surface area contributed by atoms with Gasteiger partial charge in [0.2, 0.25) is 5.91 Å². The largest absolute Gasteiger partial charge is 0.368 e. The van der Waals surface area contributed by atoms with Crippen LogP contribution in [0.1, 0.15) is 10.4 Å². The lowest BCUT2D eigenvalue weighted by Crippen LogP contribution is -2.38. The third kappa shape index (κ3) is 5.84. The summed E-state index contributed by atoms with van der Waals surface area (Å²) >= 11 is 5.68. The lowest BCUT2D eigenvalue weighted by atomic mass is 10.2. The summed E-state index contributed by atoms with van der Waals surface area (Å²) in [7, 11) is 0. The van der Waals surface area contributed by atoms with Gasteiger partial charge in [-0.15, -0.1) is 0 Å². The number of nitrogens with one attached hydrogen (secondary N) is 2. The van der Waals surface area contributed by atoms with Crippen molar-refractivity contribution < 1.29 is 19.2 Å². The zero-order valence-corrected chi connectivity index (χ0v) is 10.6. The summed E-state index contributed by atoms with van der Waals surface area (Å²) < 4.78 is 0. The van der Waals surface area contributed by atoms with Gasteiger partial charge in [0.25, 0.3) is 11.8 Å². The fourth-order valence-corrected chi connectivity index (χ4v) is 1.21. The Bertz CT molecular complexity index is 475. The van der Waals surface area contributed by atoms with E-state index < -0.39 is 24.3 Å². The summed E-state index contributed by atoms with van der Waals surface area (Å²) in [5.41, 5.74) is 7.12. The second kappa shape index (κ2) is 7.34. The molecule has 0 radical (unpaired) electrons. The molecule has 0 saturated heterocycles. The van der Waals surface area contributed by atoms with Gasteiger partial charge in [-0.25, -0.2) is 5.48 Å². The summed E-state index contributed by atoms with van der Waals surface area (Å²) in [6.45, 7) is -0.725. The van der Waals surface area contributed by atoms with Crippen molar-refractivity contribution in [2.75, 3.05) is 13.2 Å². The molecule has 0 aromatic heterocycles. The smallest absolute Gasteiger partial charge is 0.262 e. The molecule has 0 atom stereocenters. The molecule has 8 heteroatoms. The third-order valence-electron chi connectivity index (χ3n) is 1.92. The van der Waals surface area contributed by atoms with Crippen LogP contribution >= 0.6 is 11.6 Å². The topological polar surface area (TPSA) is 111 Å². The van der Waals surface area contributed by atoms with Crippen molar-refractivity contribution >= 4 is 29.3 Å². The molecule has 7 nitrogen and oxygen atoms in total. The minimum Gasteiger partial charge on any atom is -0.368 e. The first kappa shape index (κ1) is 14.9. The van der Waals surface area contributed by atoms with Crippen molar-refractivity contribution in [3.63, 3.8) is 0 Å². The number of carbonyl (C=O) groups is 3. The molecule has 0 bridgehead atoms. The first-order valence-corrected chi connectivity index (χ1v) is 5.59. The van der Waals surface area contributed by atoms with Gasteiger partial charge in [0.1, 0.15) is 0 Å². The van der Waals surface area contributed by atoms with Crippen molar-refractivity contribution in [2.45, 2.75) is 0 Å². The zero-order chi connectivity index (χ0) is 14.3. The molecular weight excluding hydrogens is 274 g/mol. The molecular formula is C11H12ClN3O4. The van der Waals surface area contributed by atoms with Gasteiger partial charge < -0.3 is 11.1 Å². The number of nitrogens with two attached hydrogens (primary N) is 1. The van der Waals surface area contributed by atoms with Gasteiger partial charge in [0.05, 0.1) is 6.54 Å². The standard InChI is InChI=1S/C11H12ClN3O4/c12-8-3-1-7(2-4-8)11(18)14-5-10(17)15-19-6-9(13)16/h1-4H,5-6H2,(H2,13,16)(H,14,18)(H,15,17). The highest BCUT2D eigenvalue weighted by Gasteiger charge is 2.08. The molecule has 1 aromatic rings. The number of carbonyl (C=O) groups excluding carboxylic acids is 3. The fraction of sp³-hybridized carbons (Fsp3) is 0.182. The number of hydrogen-bond donors (Lipinski definition) is 3. The van der Waals surface area contributed by atoms with Gasteiger partial charge in [-0.05, 0) is 24.3 Å². The number of primary amides is 1. The van der Waals surface area contributed by atoms with Crippen LogP contribution in [0.15, 0.2) is 24.3 Å². The van der Waals surface area contributed by atoms with Crippen LogP contribution in [0.2, 0.25) is 5.02 Å². The van der Waals surface area contributed by atoms with Gasteiger partial charge in [0, 0.05) is 10.6 Å². The number of benzene rings is 1. The average Bonchev–Trinajstić information content (AvgIpc) is 2.36. The molecule has 4 N–H and O–H groups in total. The van der Waals surface area contributed by atoms with Gasteiger partial charge in [-0.3, -0.25) is 19.2 Å². The molecule has 0 aliphatic rings. The Hall–Kier alpha value is -2.12. The fourth-order valence-electron chi connectivity index (χ4n) is 1.09. The summed E-state index contributed by atoms with van der Waals surface area (Å²) in [5.74, 6) is -1.75. The van der Waals surface area contributed by atoms with Crippen LogP contribution in [0.25, 0.3) is 0 Å². The maximum Gasteiger partial charge on any atom is 0.262 e. The van der Waals surface area contributed by atoms with Crippen LogP contribution in [0, 0.1) is 0 Å². The van der Waals surface area contributed by atoms with Crippen molar-refractivity contribution in [3.8, 4) is 0 Å². The predicted octanol–water partition coefficient (Wildman–Crippen LogP) is -0.397. The van der Waals surface area contributed by atoms with Crippen LogP contribution in [-0.2, 0) is 14.4 Å². The van der Waals surface area contributed by atoms with E-state index in [4.69, 9.17) is 17.3 Å². The van der Waals surface area contributed by atoms with Crippen molar-refractivity contribution in [3.05, 3.63) is 34.9 Å². The van der Waals surface area contributed by atoms with E-state index in [1.165, 1.54) is 12.1 Å². The van der Waals surface area contributed by atoms with E-state index >= 15 is 0 Å². The number of halogens is 1. The normalized spacial score (nSPS) is 9.74. The maximum absolute atomic E-state index is 11.6. The molecule has 1 aromatic carbocycles. The molecule has 19 heavy (non-hydrogen) atoms. The monoisotopic (exact) mass is 285 g/mol. The summed E-state index contributed by atoms with van der Waals surface area (Å²) in [6, 6.07) is 6.18. The van der Waals surface area contributed by atoms with E-state index in [0.717, 1.165) is 0 Å². The molecule has 0 unspecified atom stereocenters. The summed E-state index contributed by atoms with van der Waals surface area (Å²) in [4.78, 5) is 37.6. The van der Waals surface area contributed by atoms with E-state index in [-0.39, 0.29) is 6.54 Å². The SMILES string of the molecule is NC(=O)CONC(=O)CNC(=O)c1ccc(Cl)cc1. The van der Waals surface area contributed by atoms with Crippen molar-refractivity contribution in [1.29, 1.82) is 0 Å². The number of amides is 3. The van der Waals surface area contributed by atoms with Crippen LogP contribution in [-0.4, -0.2) is 30.9 Å². The Labute approximate surface area is 114 Å². The molecule has 3 amide bonds. The Morgan fingerprint density at radius 1 is 1.21 bits per heavy atom. The summed E-state index contributed by atoms with van der Waals surface area (Å²) in [5, 5.41) is 2.87. The molecule has 102 valence electrons. The highest BCUT2D eigenvalue weighted by Crippen LogP contribution is 2.08. The number of hydroxylamine groups is 1. The average molecular weight is 286 g/mol. The Balaban J connectivity index is 2.31. The van der Waals surface area contributed by atoms with E-state index in [0.29, 0.717) is 10.6 Å². The lowest BCUT2D eigenvalue weighted by Gasteiger charge is -2.06. The van der Waals surface area contributed by atoms with Gasteiger partial charge in [-0.2, -0.15) is 0 Å². The van der Waals surface area contributed by atoms with E-state index in [2.05, 4.69) is 10.2 Å². The molecule has 1 rings (SSSR count). The van der Waals surface area contributed by atoms with E-state index in [9.17, 15) is 14.4 Å². The predicted molar refractivity (Wildman–Crippen MR) is 67.1 cm³/mol. The quantitative estimate of drug-likeness (QED) is 0.618. The minimum absolute atomic E-state index is 0.291. The van der Waals surface area contributed by atoms with Gasteiger partial charge in [-0.1, -0.05) is 11.6 Å². The molecule has 0 fully saturated rings. The van der Waals surface area contributed by atoms with Crippen molar-refractivity contribution in [2.24, 2.45) is 5.73 Å². The van der Waals surface area contributed by atoms with Gasteiger partial charge >= 0.3 is 0 Å². The highest BCUT2D eigenvalue weighted by atomic mass is 35.5. The molecule has 0 saturated carbocycles. The number of rotatable bonds is 6. The number of hydrogen-bond acceptors (Lipinski definition) is 4. The van der Waals surface area contributed by atoms with Crippen molar-refractivity contribution in [1.82, 2.24) is 10.8 Å². The van der Waals surface area contributed by atoms with E-state index in [1.807, 2.05) is 5.48 Å². The minimum atomic E-state index is -0.717. The summed E-state index contributed by atoms with van der Waals surface area (Å²) in [6.07, 6.45) is 0. The van der Waals surface area contributed by atoms with Gasteiger partial charge in [0.15, 0.2) is 6.61 Å². The van der Waals surface area contributed by atoms with Crippen LogP contribution in [0.4, 0.5) is 0 Å². The molecule has 0 aliphatic heterocycles.